The van der Waals surface area contributed by atoms with Crippen molar-refractivity contribution in [3.05, 3.63) is 78.4 Å². The van der Waals surface area contributed by atoms with Gasteiger partial charge in [0.2, 0.25) is 5.91 Å². The highest BCUT2D eigenvalue weighted by molar-refractivity contribution is 6.03. The number of nitrogens with one attached hydrogen (secondary N) is 1. The second-order valence-electron chi connectivity index (χ2n) is 5.14. The fourth-order valence-corrected chi connectivity index (χ4v) is 2.19. The Morgan fingerprint density at radius 2 is 1.96 bits per heavy atom. The molecule has 0 saturated carbocycles. The maximum Gasteiger partial charge on any atom is 0.269 e. The average molecular weight is 333 g/mol. The number of nitrogens with zero attached hydrogens (tertiary/aromatic N) is 3. The van der Waals surface area contributed by atoms with E-state index >= 15 is 0 Å². The second kappa shape index (κ2) is 7.22. The smallest absolute Gasteiger partial charge is 0.269 e. The van der Waals surface area contributed by atoms with E-state index in [2.05, 4.69) is 15.4 Å². The third kappa shape index (κ3) is 3.97. The topological polar surface area (TPSA) is 103 Å². The first-order chi connectivity index (χ1) is 12.1. The lowest BCUT2D eigenvalue weighted by Crippen LogP contribution is -2.13. The van der Waals surface area contributed by atoms with Crippen LogP contribution in [0.2, 0.25) is 0 Å². The van der Waals surface area contributed by atoms with Crippen LogP contribution in [0.1, 0.15) is 16.1 Å². The Morgan fingerprint density at radius 1 is 1.12 bits per heavy atom. The van der Waals surface area contributed by atoms with Crippen LogP contribution >= 0.6 is 0 Å². The number of hydrogen-bond acceptors (Lipinski definition) is 4. The molecule has 3 rings (SSSR count). The highest BCUT2D eigenvalue weighted by atomic mass is 16.2. The molecule has 7 nitrogen and oxygen atoms in total. The van der Waals surface area contributed by atoms with Gasteiger partial charge in [-0.1, -0.05) is 18.2 Å². The molecule has 3 aromatic rings. The Labute approximate surface area is 143 Å². The van der Waals surface area contributed by atoms with Crippen molar-refractivity contribution in [2.24, 2.45) is 5.73 Å². The van der Waals surface area contributed by atoms with Crippen molar-refractivity contribution in [1.29, 1.82) is 0 Å². The standard InChI is InChI=1S/C18H15N5O2/c19-18(25)15-9-11-23(22-15)16-6-2-1-5-14(16)21-17(24)8-7-13-4-3-10-20-12-13/h1-12H,(H2,19,25)(H,21,24)/b8-7+. The molecule has 0 radical (unpaired) electrons. The monoisotopic (exact) mass is 333 g/mol. The number of pyridine rings is 1. The van der Waals surface area contributed by atoms with E-state index in [0.717, 1.165) is 5.56 Å². The number of benzene rings is 1. The minimum atomic E-state index is -0.611. The van der Waals surface area contributed by atoms with Crippen LogP contribution in [0.3, 0.4) is 0 Å². The van der Waals surface area contributed by atoms with Crippen LogP contribution in [0.5, 0.6) is 0 Å². The Bertz CT molecular complexity index is 931. The Morgan fingerprint density at radius 3 is 2.68 bits per heavy atom. The van der Waals surface area contributed by atoms with Crippen LogP contribution in [0.4, 0.5) is 5.69 Å². The first-order valence-electron chi connectivity index (χ1n) is 7.47. The summed E-state index contributed by atoms with van der Waals surface area (Å²) < 4.78 is 1.49. The number of nitrogens with two attached hydrogens (primary N) is 1. The molecule has 0 atom stereocenters. The number of carbonyl (C=O) groups excluding carboxylic acids is 2. The third-order valence-electron chi connectivity index (χ3n) is 3.36. The van der Waals surface area contributed by atoms with E-state index in [1.165, 1.54) is 16.8 Å². The zero-order valence-electron chi connectivity index (χ0n) is 13.2. The molecule has 124 valence electrons. The van der Waals surface area contributed by atoms with Crippen molar-refractivity contribution < 1.29 is 9.59 Å². The van der Waals surface area contributed by atoms with Gasteiger partial charge in [-0.25, -0.2) is 4.68 Å². The highest BCUT2D eigenvalue weighted by Crippen LogP contribution is 2.19. The summed E-state index contributed by atoms with van der Waals surface area (Å²) in [6.07, 6.45) is 8.03. The van der Waals surface area contributed by atoms with Gasteiger partial charge in [0, 0.05) is 24.7 Å². The molecule has 0 aliphatic carbocycles. The van der Waals surface area contributed by atoms with E-state index < -0.39 is 5.91 Å². The van der Waals surface area contributed by atoms with Crippen molar-refractivity contribution in [2.45, 2.75) is 0 Å². The molecule has 2 aromatic heterocycles. The number of hydrogen-bond donors (Lipinski definition) is 2. The summed E-state index contributed by atoms with van der Waals surface area (Å²) in [4.78, 5) is 27.3. The first-order valence-corrected chi connectivity index (χ1v) is 7.47. The Balaban J connectivity index is 1.80. The molecule has 0 saturated heterocycles. The predicted octanol–water partition coefficient (Wildman–Crippen LogP) is 2.02. The SMILES string of the molecule is NC(=O)c1ccn(-c2ccccc2NC(=O)/C=C/c2cccnc2)n1. The summed E-state index contributed by atoms with van der Waals surface area (Å²) in [6, 6.07) is 12.3. The fourth-order valence-electron chi connectivity index (χ4n) is 2.19. The summed E-state index contributed by atoms with van der Waals surface area (Å²) in [7, 11) is 0. The minimum Gasteiger partial charge on any atom is -0.364 e. The molecule has 3 N–H and O–H groups in total. The molecular formula is C18H15N5O2. The summed E-state index contributed by atoms with van der Waals surface area (Å²) in [5.74, 6) is -0.904. The lowest BCUT2D eigenvalue weighted by atomic mass is 10.2. The largest absolute Gasteiger partial charge is 0.364 e. The van der Waals surface area contributed by atoms with E-state index in [1.54, 1.807) is 48.9 Å². The van der Waals surface area contributed by atoms with E-state index in [0.29, 0.717) is 11.4 Å². The van der Waals surface area contributed by atoms with Gasteiger partial charge in [0.05, 0.1) is 11.4 Å². The van der Waals surface area contributed by atoms with Gasteiger partial charge in [-0.05, 0) is 35.9 Å². The van der Waals surface area contributed by atoms with Crippen molar-refractivity contribution in [3.63, 3.8) is 0 Å². The summed E-state index contributed by atoms with van der Waals surface area (Å²) in [5, 5.41) is 6.90. The molecule has 0 unspecified atom stereocenters. The van der Waals surface area contributed by atoms with Gasteiger partial charge in [0.25, 0.3) is 5.91 Å². The van der Waals surface area contributed by atoms with E-state index in [-0.39, 0.29) is 11.6 Å². The number of rotatable bonds is 5. The third-order valence-corrected chi connectivity index (χ3v) is 3.36. The van der Waals surface area contributed by atoms with Crippen LogP contribution in [-0.4, -0.2) is 26.6 Å². The van der Waals surface area contributed by atoms with Crippen molar-refractivity contribution >= 4 is 23.6 Å². The molecule has 0 spiro atoms. The number of para-hydroxylation sites is 2. The minimum absolute atomic E-state index is 0.151. The predicted molar refractivity (Wildman–Crippen MR) is 94.0 cm³/mol. The number of anilines is 1. The van der Waals surface area contributed by atoms with Gasteiger partial charge < -0.3 is 11.1 Å². The Hall–Kier alpha value is -3.74. The van der Waals surface area contributed by atoms with Gasteiger partial charge >= 0.3 is 0 Å². The molecule has 0 bridgehead atoms. The fraction of sp³-hybridized carbons (Fsp3) is 0. The number of carbonyl (C=O) groups is 2. The number of aromatic nitrogens is 3. The van der Waals surface area contributed by atoms with E-state index in [4.69, 9.17) is 5.73 Å². The van der Waals surface area contributed by atoms with Crippen LogP contribution in [0.25, 0.3) is 11.8 Å². The number of amides is 2. The highest BCUT2D eigenvalue weighted by Gasteiger charge is 2.10. The summed E-state index contributed by atoms with van der Waals surface area (Å²) in [6.45, 7) is 0. The van der Waals surface area contributed by atoms with Crippen LogP contribution < -0.4 is 11.1 Å². The molecule has 0 fully saturated rings. The quantitative estimate of drug-likeness (QED) is 0.697. The van der Waals surface area contributed by atoms with Gasteiger partial charge in [0.1, 0.15) is 5.69 Å². The van der Waals surface area contributed by atoms with Crippen molar-refractivity contribution in [2.75, 3.05) is 5.32 Å². The van der Waals surface area contributed by atoms with Crippen LogP contribution in [0.15, 0.2) is 67.1 Å². The lowest BCUT2D eigenvalue weighted by Gasteiger charge is -2.09. The molecule has 2 amide bonds. The summed E-state index contributed by atoms with van der Waals surface area (Å²) >= 11 is 0. The van der Waals surface area contributed by atoms with Gasteiger partial charge in [-0.15, -0.1) is 0 Å². The number of primary amides is 1. The Kier molecular flexibility index (Phi) is 4.66. The van der Waals surface area contributed by atoms with E-state index in [9.17, 15) is 9.59 Å². The first kappa shape index (κ1) is 16.1. The molecule has 25 heavy (non-hydrogen) atoms. The van der Waals surface area contributed by atoms with E-state index in [1.807, 2.05) is 12.1 Å². The maximum atomic E-state index is 12.2. The van der Waals surface area contributed by atoms with Gasteiger partial charge in [-0.3, -0.25) is 14.6 Å². The van der Waals surface area contributed by atoms with Crippen molar-refractivity contribution in [3.8, 4) is 5.69 Å². The molecular weight excluding hydrogens is 318 g/mol. The zero-order valence-corrected chi connectivity index (χ0v) is 13.2. The van der Waals surface area contributed by atoms with Crippen LogP contribution in [-0.2, 0) is 4.79 Å². The van der Waals surface area contributed by atoms with Gasteiger partial charge in [-0.2, -0.15) is 5.10 Å². The van der Waals surface area contributed by atoms with Crippen molar-refractivity contribution in [1.82, 2.24) is 14.8 Å². The van der Waals surface area contributed by atoms with Gasteiger partial charge in [0.15, 0.2) is 0 Å². The lowest BCUT2D eigenvalue weighted by molar-refractivity contribution is -0.111. The summed E-state index contributed by atoms with van der Waals surface area (Å²) in [5.41, 5.74) is 7.37. The second-order valence-corrected chi connectivity index (χ2v) is 5.14. The molecule has 0 aliphatic rings. The zero-order chi connectivity index (χ0) is 17.6. The molecule has 2 heterocycles. The van der Waals surface area contributed by atoms with Crippen LogP contribution in [0, 0.1) is 0 Å². The maximum absolute atomic E-state index is 12.2. The molecule has 7 heteroatoms. The molecule has 1 aromatic carbocycles. The average Bonchev–Trinajstić information content (AvgIpc) is 3.12. The molecule has 0 aliphatic heterocycles. The normalized spacial score (nSPS) is 10.7.